The summed E-state index contributed by atoms with van der Waals surface area (Å²) in [6.45, 7) is 2.73. The highest BCUT2D eigenvalue weighted by atomic mass is 16.7. The highest BCUT2D eigenvalue weighted by Gasteiger charge is 2.51. The third kappa shape index (κ3) is 23.1. The maximum Gasteiger partial charge on any atom is 0.220 e. The molecule has 362 valence electrons. The molecule has 2 heterocycles. The van der Waals surface area contributed by atoms with Crippen molar-refractivity contribution < 1.29 is 64.6 Å². The van der Waals surface area contributed by atoms with Crippen LogP contribution < -0.4 is 5.32 Å². The average Bonchev–Trinajstić information content (AvgIpc) is 3.26. The zero-order chi connectivity index (χ0) is 44.7. The quantitative estimate of drug-likeness (QED) is 0.0334. The fourth-order valence-corrected chi connectivity index (χ4v) is 8.47. The average molecular weight is 878 g/mol. The zero-order valence-corrected chi connectivity index (χ0v) is 38.2. The summed E-state index contributed by atoms with van der Waals surface area (Å²) in [5.41, 5.74) is 0. The first kappa shape index (κ1) is 56.1. The van der Waals surface area contributed by atoms with E-state index in [0.717, 1.165) is 51.4 Å². The van der Waals surface area contributed by atoms with E-state index in [-0.39, 0.29) is 12.5 Å². The molecule has 14 heteroatoms. The second-order valence-electron chi connectivity index (χ2n) is 18.0. The Morgan fingerprint density at radius 2 is 0.934 bits per heavy atom. The number of carbonyl (C=O) groups is 1. The number of aliphatic hydroxyl groups is 8. The Labute approximate surface area is 368 Å². The Balaban J connectivity index is 1.64. The van der Waals surface area contributed by atoms with Crippen LogP contribution in [-0.4, -0.2) is 140 Å². The lowest BCUT2D eigenvalue weighted by atomic mass is 9.97. The number of hydrogen-bond donors (Lipinski definition) is 9. The number of carbonyl (C=O) groups excluding carboxylic acids is 1. The van der Waals surface area contributed by atoms with Crippen LogP contribution in [0.25, 0.3) is 0 Å². The molecule has 2 saturated heterocycles. The Kier molecular flexibility index (Phi) is 32.5. The van der Waals surface area contributed by atoms with Crippen LogP contribution in [0.2, 0.25) is 0 Å². The van der Waals surface area contributed by atoms with Crippen molar-refractivity contribution in [2.75, 3.05) is 19.8 Å². The molecule has 61 heavy (non-hydrogen) atoms. The van der Waals surface area contributed by atoms with Crippen molar-refractivity contribution in [1.29, 1.82) is 0 Å². The maximum atomic E-state index is 13.0. The normalized spacial score (nSPS) is 27.9. The molecule has 12 atom stereocenters. The van der Waals surface area contributed by atoms with Gasteiger partial charge in [0.1, 0.15) is 48.8 Å². The molecule has 2 rings (SSSR count). The van der Waals surface area contributed by atoms with Gasteiger partial charge in [0.2, 0.25) is 5.91 Å². The monoisotopic (exact) mass is 878 g/mol. The van der Waals surface area contributed by atoms with Crippen LogP contribution in [0.3, 0.4) is 0 Å². The Bertz CT molecular complexity index is 1040. The first-order chi connectivity index (χ1) is 29.6. The molecule has 0 saturated carbocycles. The molecule has 0 aromatic heterocycles. The summed E-state index contributed by atoms with van der Waals surface area (Å²) in [4.78, 5) is 13.0. The predicted octanol–water partition coefficient (Wildman–Crippen LogP) is 5.83. The number of aliphatic hydroxyl groups excluding tert-OH is 8. The van der Waals surface area contributed by atoms with Crippen LogP contribution in [0, 0.1) is 0 Å². The molecule has 12 unspecified atom stereocenters. The first-order valence-electron chi connectivity index (χ1n) is 24.8. The molecule has 9 N–H and O–H groups in total. The molecular formula is C47H91NO13. The first-order valence-corrected chi connectivity index (χ1v) is 24.8. The number of nitrogens with one attached hydrogen (secondary N) is 1. The third-order valence-corrected chi connectivity index (χ3v) is 12.6. The van der Waals surface area contributed by atoms with E-state index < -0.39 is 86.8 Å². The topological polar surface area (TPSA) is 228 Å². The van der Waals surface area contributed by atoms with Gasteiger partial charge in [-0.1, -0.05) is 181 Å². The minimum absolute atomic E-state index is 0.212. The highest BCUT2D eigenvalue weighted by molar-refractivity contribution is 5.76. The zero-order valence-electron chi connectivity index (χ0n) is 38.2. The predicted molar refractivity (Wildman–Crippen MR) is 236 cm³/mol. The van der Waals surface area contributed by atoms with Gasteiger partial charge in [-0.3, -0.25) is 4.79 Å². The van der Waals surface area contributed by atoms with E-state index >= 15 is 0 Å². The minimum Gasteiger partial charge on any atom is -0.394 e. The SMILES string of the molecule is CCCCCCCCCCCCCCCCCCCCCCCCCC(=O)NC(COC1OC(CO)C(OC2OC(CO)C(O)C(O)C2O)C(O)C1O)C(O)CCCCCC. The largest absolute Gasteiger partial charge is 0.394 e. The standard InChI is InChI=1S/C47H91NO13/c1-3-5-7-9-10-11-12-13-14-15-16-17-18-19-20-21-22-23-24-25-26-27-29-31-39(52)48-35(36(51)30-28-8-6-4-2)34-58-46-44(57)42(55)45(38(33-50)60-46)61-47-43(56)41(54)40(53)37(32-49)59-47/h35-38,40-47,49-51,53-57H,3-34H2,1-2H3,(H,48,52). The molecule has 0 bridgehead atoms. The summed E-state index contributed by atoms with van der Waals surface area (Å²) in [7, 11) is 0. The highest BCUT2D eigenvalue weighted by Crippen LogP contribution is 2.30. The lowest BCUT2D eigenvalue weighted by Crippen LogP contribution is -2.65. The van der Waals surface area contributed by atoms with Crippen molar-refractivity contribution in [2.24, 2.45) is 0 Å². The van der Waals surface area contributed by atoms with Gasteiger partial charge in [0.05, 0.1) is 32.0 Å². The van der Waals surface area contributed by atoms with Gasteiger partial charge in [-0.2, -0.15) is 0 Å². The molecule has 0 aromatic rings. The second kappa shape index (κ2) is 35.3. The van der Waals surface area contributed by atoms with Crippen LogP contribution in [0.5, 0.6) is 0 Å². The van der Waals surface area contributed by atoms with Crippen LogP contribution in [0.1, 0.15) is 200 Å². The minimum atomic E-state index is -1.78. The van der Waals surface area contributed by atoms with Crippen LogP contribution in [0.4, 0.5) is 0 Å². The smallest absolute Gasteiger partial charge is 0.220 e. The Morgan fingerprint density at radius 3 is 1.39 bits per heavy atom. The summed E-state index contributed by atoms with van der Waals surface area (Å²) >= 11 is 0. The summed E-state index contributed by atoms with van der Waals surface area (Å²) < 4.78 is 22.6. The maximum absolute atomic E-state index is 13.0. The molecule has 2 fully saturated rings. The molecule has 0 aliphatic carbocycles. The summed E-state index contributed by atoms with van der Waals surface area (Å²) in [5, 5.41) is 86.1. The van der Waals surface area contributed by atoms with E-state index in [4.69, 9.17) is 18.9 Å². The summed E-state index contributed by atoms with van der Waals surface area (Å²) in [5.74, 6) is -0.212. The van der Waals surface area contributed by atoms with Crippen molar-refractivity contribution >= 4 is 5.91 Å². The number of amides is 1. The number of rotatable bonds is 38. The lowest BCUT2D eigenvalue weighted by molar-refractivity contribution is -0.359. The molecule has 2 aliphatic heterocycles. The van der Waals surface area contributed by atoms with E-state index in [1.165, 1.54) is 122 Å². The second-order valence-corrected chi connectivity index (χ2v) is 18.0. The summed E-state index contributed by atoms with van der Waals surface area (Å²) in [6, 6.07) is -0.817. The van der Waals surface area contributed by atoms with E-state index in [0.29, 0.717) is 12.8 Å². The third-order valence-electron chi connectivity index (χ3n) is 12.6. The van der Waals surface area contributed by atoms with Gasteiger partial charge in [-0.05, 0) is 12.8 Å². The van der Waals surface area contributed by atoms with Crippen LogP contribution in [-0.2, 0) is 23.7 Å². The van der Waals surface area contributed by atoms with Crippen molar-refractivity contribution in [3.05, 3.63) is 0 Å². The van der Waals surface area contributed by atoms with Gasteiger partial charge in [-0.15, -0.1) is 0 Å². The molecule has 0 spiro atoms. The number of ether oxygens (including phenoxy) is 4. The van der Waals surface area contributed by atoms with Gasteiger partial charge in [-0.25, -0.2) is 0 Å². The summed E-state index contributed by atoms with van der Waals surface area (Å²) in [6.07, 6.45) is 17.8. The van der Waals surface area contributed by atoms with E-state index in [1.54, 1.807) is 0 Å². The van der Waals surface area contributed by atoms with Gasteiger partial charge in [0, 0.05) is 6.42 Å². The van der Waals surface area contributed by atoms with Gasteiger partial charge < -0.3 is 65.1 Å². The van der Waals surface area contributed by atoms with Crippen molar-refractivity contribution in [1.82, 2.24) is 5.32 Å². The lowest BCUT2D eigenvalue weighted by Gasteiger charge is -2.46. The Hall–Kier alpha value is -1.01. The molecule has 14 nitrogen and oxygen atoms in total. The van der Waals surface area contributed by atoms with E-state index in [2.05, 4.69) is 19.2 Å². The Morgan fingerprint density at radius 1 is 0.525 bits per heavy atom. The molecule has 0 radical (unpaired) electrons. The fourth-order valence-electron chi connectivity index (χ4n) is 8.47. The van der Waals surface area contributed by atoms with Crippen LogP contribution >= 0.6 is 0 Å². The van der Waals surface area contributed by atoms with Crippen molar-refractivity contribution in [3.8, 4) is 0 Å². The van der Waals surface area contributed by atoms with Gasteiger partial charge in [0.15, 0.2) is 12.6 Å². The van der Waals surface area contributed by atoms with Gasteiger partial charge in [0.25, 0.3) is 0 Å². The number of hydrogen-bond acceptors (Lipinski definition) is 13. The molecule has 1 amide bonds. The van der Waals surface area contributed by atoms with Crippen LogP contribution in [0.15, 0.2) is 0 Å². The van der Waals surface area contributed by atoms with Crippen molar-refractivity contribution in [2.45, 2.75) is 274 Å². The molecule has 0 aromatic carbocycles. The molecular weight excluding hydrogens is 787 g/mol. The van der Waals surface area contributed by atoms with Gasteiger partial charge >= 0.3 is 0 Å². The van der Waals surface area contributed by atoms with Crippen molar-refractivity contribution in [3.63, 3.8) is 0 Å². The fraction of sp³-hybridized carbons (Fsp3) is 0.979. The van der Waals surface area contributed by atoms with E-state index in [9.17, 15) is 45.6 Å². The van der Waals surface area contributed by atoms with E-state index in [1.807, 2.05) is 0 Å². The molecule has 2 aliphatic rings. The number of unbranched alkanes of at least 4 members (excludes halogenated alkanes) is 25.